The van der Waals surface area contributed by atoms with Gasteiger partial charge in [0.25, 0.3) is 5.91 Å². The molecule has 15 heavy (non-hydrogen) atoms. The fraction of sp³-hybridized carbons (Fsp3) is 0.300. The summed E-state index contributed by atoms with van der Waals surface area (Å²) in [7, 11) is 0. The van der Waals surface area contributed by atoms with Crippen LogP contribution in [-0.2, 0) is 0 Å². The third-order valence-corrected chi connectivity index (χ3v) is 2.16. The second-order valence-corrected chi connectivity index (χ2v) is 3.56. The average Bonchev–Trinajstić information content (AvgIpc) is 2.17. The Hall–Kier alpha value is -1.13. The first kappa shape index (κ1) is 11.9. The lowest BCUT2D eigenvalue weighted by molar-refractivity contribution is 0.0918. The van der Waals surface area contributed by atoms with Gasteiger partial charge in [-0.05, 0) is 19.1 Å². The van der Waals surface area contributed by atoms with Crippen molar-refractivity contribution in [2.75, 3.05) is 6.61 Å². The number of halogens is 2. The number of rotatable bonds is 3. The first-order valence-corrected chi connectivity index (χ1v) is 4.79. The summed E-state index contributed by atoms with van der Waals surface area (Å²) in [4.78, 5) is 11.5. The number of aliphatic hydroxyl groups is 1. The molecule has 1 rings (SSSR count). The molecule has 5 heteroatoms. The minimum atomic E-state index is -0.676. The summed E-state index contributed by atoms with van der Waals surface area (Å²) >= 11 is 5.69. The predicted octanol–water partition coefficient (Wildman–Crippen LogP) is 1.59. The lowest BCUT2D eigenvalue weighted by Gasteiger charge is -2.11. The summed E-state index contributed by atoms with van der Waals surface area (Å²) in [6.07, 6.45) is 0. The van der Waals surface area contributed by atoms with Gasteiger partial charge in [0.2, 0.25) is 0 Å². The van der Waals surface area contributed by atoms with Gasteiger partial charge in [0.15, 0.2) is 0 Å². The number of amides is 1. The Morgan fingerprint density at radius 2 is 2.33 bits per heavy atom. The zero-order valence-corrected chi connectivity index (χ0v) is 8.88. The van der Waals surface area contributed by atoms with Crippen molar-refractivity contribution in [2.24, 2.45) is 0 Å². The molecule has 1 aromatic rings. The molecule has 0 aliphatic heterocycles. The molecular weight excluding hydrogens is 221 g/mol. The third kappa shape index (κ3) is 2.91. The van der Waals surface area contributed by atoms with E-state index in [0.717, 1.165) is 6.07 Å². The first-order valence-electron chi connectivity index (χ1n) is 4.42. The van der Waals surface area contributed by atoms with Crippen molar-refractivity contribution < 1.29 is 14.3 Å². The third-order valence-electron chi connectivity index (χ3n) is 1.84. The van der Waals surface area contributed by atoms with Gasteiger partial charge in [-0.25, -0.2) is 4.39 Å². The van der Waals surface area contributed by atoms with Gasteiger partial charge in [0.05, 0.1) is 17.2 Å². The summed E-state index contributed by atoms with van der Waals surface area (Å²) in [5, 5.41) is 11.2. The molecule has 0 fully saturated rings. The van der Waals surface area contributed by atoms with Crippen LogP contribution in [0.2, 0.25) is 5.02 Å². The van der Waals surface area contributed by atoms with E-state index < -0.39 is 17.8 Å². The highest BCUT2D eigenvalue weighted by atomic mass is 35.5. The second kappa shape index (κ2) is 5.09. The number of nitrogens with one attached hydrogen (secondary N) is 1. The van der Waals surface area contributed by atoms with Crippen molar-refractivity contribution in [3.05, 3.63) is 34.6 Å². The number of benzene rings is 1. The van der Waals surface area contributed by atoms with Gasteiger partial charge < -0.3 is 10.4 Å². The van der Waals surface area contributed by atoms with Gasteiger partial charge in [-0.2, -0.15) is 0 Å². The van der Waals surface area contributed by atoms with Crippen molar-refractivity contribution in [3.8, 4) is 0 Å². The Morgan fingerprint density at radius 1 is 1.67 bits per heavy atom. The quantitative estimate of drug-likeness (QED) is 0.830. The highest BCUT2D eigenvalue weighted by molar-refractivity contribution is 6.33. The molecule has 0 heterocycles. The van der Waals surface area contributed by atoms with Gasteiger partial charge in [-0.1, -0.05) is 17.7 Å². The summed E-state index contributed by atoms with van der Waals surface area (Å²) in [5.74, 6) is -1.30. The van der Waals surface area contributed by atoms with E-state index >= 15 is 0 Å². The Morgan fingerprint density at radius 3 is 2.87 bits per heavy atom. The van der Waals surface area contributed by atoms with Crippen molar-refractivity contribution in [1.29, 1.82) is 0 Å². The van der Waals surface area contributed by atoms with Crippen molar-refractivity contribution in [2.45, 2.75) is 13.0 Å². The average molecular weight is 232 g/mol. The summed E-state index contributed by atoms with van der Waals surface area (Å²) in [6, 6.07) is 3.57. The van der Waals surface area contributed by atoms with Crippen LogP contribution in [0.1, 0.15) is 17.3 Å². The van der Waals surface area contributed by atoms with E-state index in [9.17, 15) is 9.18 Å². The van der Waals surface area contributed by atoms with E-state index in [-0.39, 0.29) is 17.2 Å². The molecule has 1 unspecified atom stereocenters. The normalized spacial score (nSPS) is 12.3. The molecule has 0 saturated heterocycles. The van der Waals surface area contributed by atoms with Crippen molar-refractivity contribution >= 4 is 17.5 Å². The molecule has 2 N–H and O–H groups in total. The van der Waals surface area contributed by atoms with Crippen LogP contribution in [0.5, 0.6) is 0 Å². The SMILES string of the molecule is CC(CO)NC(=O)c1c(F)cccc1Cl. The summed E-state index contributed by atoms with van der Waals surface area (Å²) in [5.41, 5.74) is -0.195. The number of hydrogen-bond donors (Lipinski definition) is 2. The largest absolute Gasteiger partial charge is 0.394 e. The highest BCUT2D eigenvalue weighted by Crippen LogP contribution is 2.18. The molecule has 0 aliphatic rings. The van der Waals surface area contributed by atoms with Crippen LogP contribution < -0.4 is 5.32 Å². The standard InChI is InChI=1S/C10H11ClFNO2/c1-6(5-14)13-10(15)9-7(11)3-2-4-8(9)12/h2-4,6,14H,5H2,1H3,(H,13,15). The lowest BCUT2D eigenvalue weighted by Crippen LogP contribution is -2.35. The monoisotopic (exact) mass is 231 g/mol. The smallest absolute Gasteiger partial charge is 0.256 e. The number of carbonyl (C=O) groups excluding carboxylic acids is 1. The van der Waals surface area contributed by atoms with E-state index in [1.54, 1.807) is 6.92 Å². The van der Waals surface area contributed by atoms with Gasteiger partial charge in [-0.15, -0.1) is 0 Å². The molecule has 3 nitrogen and oxygen atoms in total. The molecule has 82 valence electrons. The Kier molecular flexibility index (Phi) is 4.05. The van der Waals surface area contributed by atoms with E-state index in [0.29, 0.717) is 0 Å². The fourth-order valence-corrected chi connectivity index (χ4v) is 1.31. The van der Waals surface area contributed by atoms with E-state index in [2.05, 4.69) is 5.32 Å². The highest BCUT2D eigenvalue weighted by Gasteiger charge is 2.16. The van der Waals surface area contributed by atoms with Crippen molar-refractivity contribution in [3.63, 3.8) is 0 Å². The maximum absolute atomic E-state index is 13.2. The van der Waals surface area contributed by atoms with Crippen LogP contribution in [-0.4, -0.2) is 23.7 Å². The van der Waals surface area contributed by atoms with Crippen LogP contribution in [0, 0.1) is 5.82 Å². The van der Waals surface area contributed by atoms with Crippen LogP contribution in [0.3, 0.4) is 0 Å². The Bertz CT molecular complexity index is 350. The minimum absolute atomic E-state index is 0.0534. The van der Waals surface area contributed by atoms with Crippen LogP contribution in [0.25, 0.3) is 0 Å². The Balaban J connectivity index is 2.91. The topological polar surface area (TPSA) is 49.3 Å². The molecule has 0 radical (unpaired) electrons. The number of carbonyl (C=O) groups is 1. The molecule has 1 amide bonds. The molecule has 1 aromatic carbocycles. The van der Waals surface area contributed by atoms with Crippen LogP contribution in [0.4, 0.5) is 4.39 Å². The summed E-state index contributed by atoms with van der Waals surface area (Å²) < 4.78 is 13.2. The molecule has 1 atom stereocenters. The maximum Gasteiger partial charge on any atom is 0.256 e. The molecule has 0 aliphatic carbocycles. The molecular formula is C10H11ClFNO2. The van der Waals surface area contributed by atoms with E-state index in [1.807, 2.05) is 0 Å². The first-order chi connectivity index (χ1) is 7.06. The number of hydrogen-bond acceptors (Lipinski definition) is 2. The maximum atomic E-state index is 13.2. The molecule has 0 saturated carbocycles. The molecule has 0 spiro atoms. The zero-order valence-electron chi connectivity index (χ0n) is 8.13. The van der Waals surface area contributed by atoms with Crippen molar-refractivity contribution in [1.82, 2.24) is 5.32 Å². The van der Waals surface area contributed by atoms with E-state index in [4.69, 9.17) is 16.7 Å². The van der Waals surface area contributed by atoms with Gasteiger partial charge in [0.1, 0.15) is 5.82 Å². The van der Waals surface area contributed by atoms with Crippen LogP contribution in [0.15, 0.2) is 18.2 Å². The minimum Gasteiger partial charge on any atom is -0.394 e. The van der Waals surface area contributed by atoms with Gasteiger partial charge in [0, 0.05) is 6.04 Å². The van der Waals surface area contributed by atoms with Crippen LogP contribution >= 0.6 is 11.6 Å². The second-order valence-electron chi connectivity index (χ2n) is 3.15. The molecule has 0 bridgehead atoms. The predicted molar refractivity (Wildman–Crippen MR) is 55.4 cm³/mol. The zero-order chi connectivity index (χ0) is 11.4. The lowest BCUT2D eigenvalue weighted by atomic mass is 10.2. The van der Waals surface area contributed by atoms with Gasteiger partial charge >= 0.3 is 0 Å². The van der Waals surface area contributed by atoms with E-state index in [1.165, 1.54) is 12.1 Å². The fourth-order valence-electron chi connectivity index (χ4n) is 1.06. The number of aliphatic hydroxyl groups excluding tert-OH is 1. The Labute approximate surface area is 91.9 Å². The van der Waals surface area contributed by atoms with Gasteiger partial charge in [-0.3, -0.25) is 4.79 Å². The summed E-state index contributed by atoms with van der Waals surface area (Å²) in [6.45, 7) is 1.39. The molecule has 0 aromatic heterocycles.